The van der Waals surface area contributed by atoms with Gasteiger partial charge in [-0.1, -0.05) is 0 Å². The quantitative estimate of drug-likeness (QED) is 0.714. The van der Waals surface area contributed by atoms with Gasteiger partial charge in [0.05, 0.1) is 13.2 Å². The van der Waals surface area contributed by atoms with E-state index in [0.29, 0.717) is 39.1 Å². The average molecular weight is 240 g/mol. The normalized spacial score (nSPS) is 22.4. The predicted octanol–water partition coefficient (Wildman–Crippen LogP) is 0.150. The number of hydrogen-bond acceptors (Lipinski definition) is 3. The van der Waals surface area contributed by atoms with Crippen molar-refractivity contribution >= 4 is 11.8 Å². The van der Waals surface area contributed by atoms with Gasteiger partial charge in [0.2, 0.25) is 11.8 Å². The summed E-state index contributed by atoms with van der Waals surface area (Å²) in [6.07, 6.45) is 1.36. The Bertz CT molecular complexity index is 318. The van der Waals surface area contributed by atoms with Crippen LogP contribution in [-0.2, 0) is 14.3 Å². The van der Waals surface area contributed by atoms with Crippen LogP contribution in [-0.4, -0.2) is 49.1 Å². The van der Waals surface area contributed by atoms with Crippen LogP contribution in [0.25, 0.3) is 0 Å². The molecule has 96 valence electrons. The molecular weight excluding hydrogens is 220 g/mol. The van der Waals surface area contributed by atoms with Crippen molar-refractivity contribution in [2.75, 3.05) is 26.3 Å². The summed E-state index contributed by atoms with van der Waals surface area (Å²) in [6.45, 7) is 6.19. The van der Waals surface area contributed by atoms with Crippen LogP contribution in [0.2, 0.25) is 0 Å². The molecule has 1 N–H and O–H groups in total. The zero-order valence-corrected chi connectivity index (χ0v) is 10.5. The van der Waals surface area contributed by atoms with Crippen molar-refractivity contribution in [2.24, 2.45) is 5.41 Å². The SMILES string of the molecule is CC(C)NC(=O)C1(C(=O)N2CCOCC2)CC1. The Labute approximate surface area is 101 Å². The van der Waals surface area contributed by atoms with Gasteiger partial charge in [0.25, 0.3) is 0 Å². The fourth-order valence-corrected chi connectivity index (χ4v) is 2.13. The lowest BCUT2D eigenvalue weighted by Crippen LogP contribution is -2.50. The molecule has 2 amide bonds. The molecule has 0 aromatic rings. The number of carbonyl (C=O) groups is 2. The van der Waals surface area contributed by atoms with Gasteiger partial charge in [0.15, 0.2) is 0 Å². The fourth-order valence-electron chi connectivity index (χ4n) is 2.13. The van der Waals surface area contributed by atoms with Crippen LogP contribution in [0.3, 0.4) is 0 Å². The van der Waals surface area contributed by atoms with Crippen LogP contribution in [0.4, 0.5) is 0 Å². The summed E-state index contributed by atoms with van der Waals surface area (Å²) in [4.78, 5) is 26.1. The van der Waals surface area contributed by atoms with Crippen LogP contribution >= 0.6 is 0 Å². The van der Waals surface area contributed by atoms with E-state index in [2.05, 4.69) is 5.32 Å². The standard InChI is InChI=1S/C12H20N2O3/c1-9(2)13-10(15)12(3-4-12)11(16)14-5-7-17-8-6-14/h9H,3-8H2,1-2H3,(H,13,15). The monoisotopic (exact) mass is 240 g/mol. The van der Waals surface area contributed by atoms with Crippen molar-refractivity contribution in [3.8, 4) is 0 Å². The molecule has 5 heteroatoms. The summed E-state index contributed by atoms with van der Waals surface area (Å²) >= 11 is 0. The van der Waals surface area contributed by atoms with Crippen molar-refractivity contribution in [3.63, 3.8) is 0 Å². The molecule has 0 bridgehead atoms. The number of ether oxygens (including phenoxy) is 1. The molecule has 1 saturated heterocycles. The molecule has 2 fully saturated rings. The predicted molar refractivity (Wildman–Crippen MR) is 62.3 cm³/mol. The summed E-state index contributed by atoms with van der Waals surface area (Å²) in [5.41, 5.74) is -0.762. The number of nitrogens with zero attached hydrogens (tertiary/aromatic N) is 1. The highest BCUT2D eigenvalue weighted by Crippen LogP contribution is 2.47. The number of nitrogens with one attached hydrogen (secondary N) is 1. The Hall–Kier alpha value is -1.10. The number of carbonyl (C=O) groups excluding carboxylic acids is 2. The molecule has 1 aliphatic carbocycles. The number of hydrogen-bond donors (Lipinski definition) is 1. The minimum absolute atomic E-state index is 0.0149. The smallest absolute Gasteiger partial charge is 0.238 e. The molecule has 2 rings (SSSR count). The topological polar surface area (TPSA) is 58.6 Å². The second kappa shape index (κ2) is 4.64. The molecule has 1 heterocycles. The van der Waals surface area contributed by atoms with Crippen molar-refractivity contribution < 1.29 is 14.3 Å². The van der Waals surface area contributed by atoms with Crippen LogP contribution in [0.15, 0.2) is 0 Å². The third kappa shape index (κ3) is 2.44. The molecule has 5 nitrogen and oxygen atoms in total. The van der Waals surface area contributed by atoms with E-state index in [9.17, 15) is 9.59 Å². The van der Waals surface area contributed by atoms with Gasteiger partial charge < -0.3 is 15.0 Å². The third-order valence-electron chi connectivity index (χ3n) is 3.31. The van der Waals surface area contributed by atoms with Crippen molar-refractivity contribution in [2.45, 2.75) is 32.7 Å². The first-order valence-corrected chi connectivity index (χ1v) is 6.24. The molecule has 0 unspecified atom stereocenters. The summed E-state index contributed by atoms with van der Waals surface area (Å²) < 4.78 is 5.21. The first-order chi connectivity index (χ1) is 8.06. The maximum atomic E-state index is 12.3. The Morgan fingerprint density at radius 3 is 2.29 bits per heavy atom. The van der Waals surface area contributed by atoms with Gasteiger partial charge in [-0.3, -0.25) is 9.59 Å². The number of rotatable bonds is 3. The Kier molecular flexibility index (Phi) is 3.38. The van der Waals surface area contributed by atoms with Gasteiger partial charge in [0, 0.05) is 19.1 Å². The maximum absolute atomic E-state index is 12.3. The van der Waals surface area contributed by atoms with Crippen LogP contribution < -0.4 is 5.32 Å². The molecule has 0 spiro atoms. The average Bonchev–Trinajstić information content (AvgIpc) is 3.09. The van der Waals surface area contributed by atoms with Crippen LogP contribution in [0.5, 0.6) is 0 Å². The molecule has 1 saturated carbocycles. The first kappa shape index (κ1) is 12.4. The fraction of sp³-hybridized carbons (Fsp3) is 0.833. The van der Waals surface area contributed by atoms with E-state index >= 15 is 0 Å². The second-order valence-corrected chi connectivity index (χ2v) is 5.11. The molecule has 0 atom stereocenters. The van der Waals surface area contributed by atoms with Crippen LogP contribution in [0.1, 0.15) is 26.7 Å². The summed E-state index contributed by atoms with van der Waals surface area (Å²) in [5, 5.41) is 2.85. The van der Waals surface area contributed by atoms with Gasteiger partial charge in [0.1, 0.15) is 5.41 Å². The van der Waals surface area contributed by atoms with E-state index in [0.717, 1.165) is 0 Å². The van der Waals surface area contributed by atoms with E-state index in [-0.39, 0.29) is 17.9 Å². The Morgan fingerprint density at radius 1 is 1.24 bits per heavy atom. The highest BCUT2D eigenvalue weighted by atomic mass is 16.5. The summed E-state index contributed by atoms with van der Waals surface area (Å²) in [6, 6.07) is 0.0810. The zero-order valence-electron chi connectivity index (χ0n) is 10.5. The zero-order chi connectivity index (χ0) is 12.5. The first-order valence-electron chi connectivity index (χ1n) is 6.24. The van der Waals surface area contributed by atoms with E-state index < -0.39 is 5.41 Å². The summed E-state index contributed by atoms with van der Waals surface area (Å²) in [5.74, 6) is -0.122. The highest BCUT2D eigenvalue weighted by Gasteiger charge is 2.58. The number of morpholine rings is 1. The van der Waals surface area contributed by atoms with Crippen molar-refractivity contribution in [3.05, 3.63) is 0 Å². The van der Waals surface area contributed by atoms with E-state index in [1.54, 1.807) is 4.90 Å². The number of amides is 2. The van der Waals surface area contributed by atoms with Crippen LogP contribution in [0, 0.1) is 5.41 Å². The molecule has 0 aromatic carbocycles. The molecule has 0 aromatic heterocycles. The highest BCUT2D eigenvalue weighted by molar-refractivity contribution is 6.07. The second-order valence-electron chi connectivity index (χ2n) is 5.11. The summed E-state index contributed by atoms with van der Waals surface area (Å²) in [7, 11) is 0. The lowest BCUT2D eigenvalue weighted by molar-refractivity contribution is -0.147. The van der Waals surface area contributed by atoms with E-state index in [4.69, 9.17) is 4.74 Å². The van der Waals surface area contributed by atoms with E-state index in [1.165, 1.54) is 0 Å². The van der Waals surface area contributed by atoms with Gasteiger partial charge >= 0.3 is 0 Å². The third-order valence-corrected chi connectivity index (χ3v) is 3.31. The van der Waals surface area contributed by atoms with E-state index in [1.807, 2.05) is 13.8 Å². The molecule has 2 aliphatic rings. The van der Waals surface area contributed by atoms with Gasteiger partial charge in [-0.25, -0.2) is 0 Å². The lowest BCUT2D eigenvalue weighted by atomic mass is 10.0. The Balaban J connectivity index is 2.00. The molecule has 1 aliphatic heterocycles. The minimum atomic E-state index is -0.762. The van der Waals surface area contributed by atoms with Gasteiger partial charge in [-0.15, -0.1) is 0 Å². The largest absolute Gasteiger partial charge is 0.378 e. The molecule has 17 heavy (non-hydrogen) atoms. The minimum Gasteiger partial charge on any atom is -0.378 e. The Morgan fingerprint density at radius 2 is 1.82 bits per heavy atom. The van der Waals surface area contributed by atoms with Gasteiger partial charge in [-0.05, 0) is 26.7 Å². The van der Waals surface area contributed by atoms with Gasteiger partial charge in [-0.2, -0.15) is 0 Å². The van der Waals surface area contributed by atoms with Crippen molar-refractivity contribution in [1.82, 2.24) is 10.2 Å². The van der Waals surface area contributed by atoms with Crippen molar-refractivity contribution in [1.29, 1.82) is 0 Å². The molecule has 0 radical (unpaired) electrons. The lowest BCUT2D eigenvalue weighted by Gasteiger charge is -2.30. The molecular formula is C12H20N2O3. The maximum Gasteiger partial charge on any atom is 0.238 e.